The Labute approximate surface area is 128 Å². The summed E-state index contributed by atoms with van der Waals surface area (Å²) in [7, 11) is 0. The highest BCUT2D eigenvalue weighted by atomic mass is 14.9. The van der Waals surface area contributed by atoms with Crippen LogP contribution in [-0.2, 0) is 12.8 Å². The van der Waals surface area contributed by atoms with E-state index in [4.69, 9.17) is 0 Å². The normalized spacial score (nSPS) is 18.0. The number of nitrogens with one attached hydrogen (secondary N) is 1. The summed E-state index contributed by atoms with van der Waals surface area (Å²) in [5.41, 5.74) is 7.32. The maximum Gasteiger partial charge on any atom is 0.0179 e. The molecule has 2 aromatic carbocycles. The highest BCUT2D eigenvalue weighted by molar-refractivity contribution is 5.42. The molecule has 1 aliphatic carbocycles. The van der Waals surface area contributed by atoms with Crippen molar-refractivity contribution in [2.45, 2.75) is 45.6 Å². The van der Waals surface area contributed by atoms with E-state index in [0.717, 1.165) is 13.0 Å². The van der Waals surface area contributed by atoms with Gasteiger partial charge in [-0.1, -0.05) is 49.4 Å². The molecule has 1 N–H and O–H groups in total. The van der Waals surface area contributed by atoms with E-state index in [1.54, 1.807) is 5.56 Å². The number of aryl methyl sites for hydroxylation is 2. The van der Waals surface area contributed by atoms with E-state index in [0.29, 0.717) is 12.0 Å². The van der Waals surface area contributed by atoms with Crippen molar-refractivity contribution in [2.24, 2.45) is 0 Å². The van der Waals surface area contributed by atoms with Crippen molar-refractivity contribution < 1.29 is 0 Å². The van der Waals surface area contributed by atoms with Crippen LogP contribution >= 0.6 is 0 Å². The lowest BCUT2D eigenvalue weighted by molar-refractivity contribution is 0.404. The summed E-state index contributed by atoms with van der Waals surface area (Å²) in [6.07, 6.45) is 2.34. The van der Waals surface area contributed by atoms with Gasteiger partial charge in [0.25, 0.3) is 0 Å². The van der Waals surface area contributed by atoms with Crippen molar-refractivity contribution in [1.82, 2.24) is 5.32 Å². The molecule has 0 aliphatic heterocycles. The Balaban J connectivity index is 1.78. The summed E-state index contributed by atoms with van der Waals surface area (Å²) >= 11 is 0. The largest absolute Gasteiger partial charge is 0.313 e. The first-order chi connectivity index (χ1) is 10.2. The average molecular weight is 279 g/mol. The number of hydrogen-bond donors (Lipinski definition) is 1. The van der Waals surface area contributed by atoms with Crippen LogP contribution in [0.25, 0.3) is 0 Å². The third-order valence-corrected chi connectivity index (χ3v) is 4.87. The third-order valence-electron chi connectivity index (χ3n) is 4.87. The van der Waals surface area contributed by atoms with E-state index in [9.17, 15) is 0 Å². The molecule has 0 saturated heterocycles. The van der Waals surface area contributed by atoms with Gasteiger partial charge in [-0.3, -0.25) is 0 Å². The van der Waals surface area contributed by atoms with Gasteiger partial charge < -0.3 is 5.32 Å². The molecule has 0 radical (unpaired) electrons. The molecule has 0 aromatic heterocycles. The fraction of sp³-hybridized carbons (Fsp3) is 0.400. The van der Waals surface area contributed by atoms with Gasteiger partial charge in [0.2, 0.25) is 0 Å². The van der Waals surface area contributed by atoms with Crippen molar-refractivity contribution in [3.05, 3.63) is 70.3 Å². The molecule has 0 fully saturated rings. The minimum atomic E-state index is 0.548. The van der Waals surface area contributed by atoms with Gasteiger partial charge in [-0.25, -0.2) is 0 Å². The van der Waals surface area contributed by atoms with Crippen LogP contribution < -0.4 is 5.32 Å². The number of likely N-dealkylation sites (N-methyl/N-ethyl adjacent to an activating group) is 1. The quantitative estimate of drug-likeness (QED) is 0.866. The summed E-state index contributed by atoms with van der Waals surface area (Å²) < 4.78 is 0. The predicted molar refractivity (Wildman–Crippen MR) is 90.0 cm³/mol. The lowest BCUT2D eigenvalue weighted by Gasteiger charge is -2.37. The molecular weight excluding hydrogens is 254 g/mol. The third kappa shape index (κ3) is 2.89. The maximum absolute atomic E-state index is 3.71. The van der Waals surface area contributed by atoms with Crippen molar-refractivity contribution in [2.75, 3.05) is 6.54 Å². The number of fused-ring (bicyclic) bond motifs is 1. The Morgan fingerprint density at radius 2 is 1.90 bits per heavy atom. The van der Waals surface area contributed by atoms with Gasteiger partial charge in [-0.2, -0.15) is 0 Å². The second-order valence-corrected chi connectivity index (χ2v) is 6.30. The lowest BCUT2D eigenvalue weighted by Crippen LogP contribution is -2.41. The van der Waals surface area contributed by atoms with Gasteiger partial charge in [-0.15, -0.1) is 0 Å². The van der Waals surface area contributed by atoms with E-state index < -0.39 is 0 Å². The van der Waals surface area contributed by atoms with Crippen molar-refractivity contribution in [3.63, 3.8) is 0 Å². The minimum absolute atomic E-state index is 0.548. The monoisotopic (exact) mass is 279 g/mol. The number of rotatable bonds is 5. The minimum Gasteiger partial charge on any atom is -0.313 e. The van der Waals surface area contributed by atoms with Crippen LogP contribution in [0.5, 0.6) is 0 Å². The smallest absolute Gasteiger partial charge is 0.0179 e. The molecule has 0 bridgehead atoms. The highest BCUT2D eigenvalue weighted by Crippen LogP contribution is 2.38. The van der Waals surface area contributed by atoms with Gasteiger partial charge in [0, 0.05) is 12.0 Å². The van der Waals surface area contributed by atoms with Crippen LogP contribution in [-0.4, -0.2) is 12.6 Å². The fourth-order valence-corrected chi connectivity index (χ4v) is 3.46. The van der Waals surface area contributed by atoms with Gasteiger partial charge in [-0.05, 0) is 61.1 Å². The molecule has 1 aliphatic rings. The Bertz CT molecular complexity index is 629. The van der Waals surface area contributed by atoms with E-state index >= 15 is 0 Å². The molecule has 2 aromatic rings. The number of benzene rings is 2. The molecule has 0 amide bonds. The summed E-state index contributed by atoms with van der Waals surface area (Å²) in [5, 5.41) is 3.71. The van der Waals surface area contributed by atoms with Gasteiger partial charge in [0.1, 0.15) is 0 Å². The molecule has 21 heavy (non-hydrogen) atoms. The van der Waals surface area contributed by atoms with Crippen molar-refractivity contribution in [3.8, 4) is 0 Å². The van der Waals surface area contributed by atoms with E-state index in [1.807, 2.05) is 0 Å². The highest BCUT2D eigenvalue weighted by Gasteiger charge is 2.32. The molecule has 0 saturated carbocycles. The Kier molecular flexibility index (Phi) is 4.12. The number of hydrogen-bond acceptors (Lipinski definition) is 1. The van der Waals surface area contributed by atoms with Crippen LogP contribution in [0.2, 0.25) is 0 Å². The van der Waals surface area contributed by atoms with E-state index in [2.05, 4.69) is 68.6 Å². The molecule has 110 valence electrons. The van der Waals surface area contributed by atoms with Crippen LogP contribution in [0.1, 0.15) is 40.7 Å². The molecular formula is C20H25N. The second-order valence-electron chi connectivity index (χ2n) is 6.30. The fourth-order valence-electron chi connectivity index (χ4n) is 3.46. The van der Waals surface area contributed by atoms with Crippen LogP contribution in [0.15, 0.2) is 42.5 Å². The molecule has 2 atom stereocenters. The summed E-state index contributed by atoms with van der Waals surface area (Å²) in [6, 6.07) is 16.3. The van der Waals surface area contributed by atoms with Gasteiger partial charge in [0.05, 0.1) is 0 Å². The molecule has 0 spiro atoms. The molecule has 3 rings (SSSR count). The Morgan fingerprint density at radius 3 is 2.62 bits per heavy atom. The molecule has 1 heteroatoms. The lowest BCUT2D eigenvalue weighted by atomic mass is 9.72. The zero-order valence-corrected chi connectivity index (χ0v) is 13.3. The molecule has 0 heterocycles. The first-order valence-corrected chi connectivity index (χ1v) is 8.06. The zero-order chi connectivity index (χ0) is 14.8. The molecule has 2 unspecified atom stereocenters. The zero-order valence-electron chi connectivity index (χ0n) is 13.3. The summed E-state index contributed by atoms with van der Waals surface area (Å²) in [4.78, 5) is 0. The average Bonchev–Trinajstić information content (AvgIpc) is 2.44. The summed E-state index contributed by atoms with van der Waals surface area (Å²) in [6.45, 7) is 7.63. The standard InChI is InChI=1S/C20H25N/c1-4-21-20(12-16-10-9-14(2)15(3)11-16)19-13-17-7-5-6-8-18(17)19/h5-11,19-21H,4,12-13H2,1-3H3. The topological polar surface area (TPSA) is 12.0 Å². The molecule has 1 nitrogen and oxygen atoms in total. The second kappa shape index (κ2) is 6.03. The van der Waals surface area contributed by atoms with Gasteiger partial charge >= 0.3 is 0 Å². The van der Waals surface area contributed by atoms with Gasteiger partial charge in [0.15, 0.2) is 0 Å². The first-order valence-electron chi connectivity index (χ1n) is 8.06. The summed E-state index contributed by atoms with van der Waals surface area (Å²) in [5.74, 6) is 0.669. The van der Waals surface area contributed by atoms with Crippen LogP contribution in [0, 0.1) is 13.8 Å². The Morgan fingerprint density at radius 1 is 1.10 bits per heavy atom. The van der Waals surface area contributed by atoms with E-state index in [1.165, 1.54) is 28.7 Å². The van der Waals surface area contributed by atoms with Crippen molar-refractivity contribution >= 4 is 0 Å². The van der Waals surface area contributed by atoms with E-state index in [-0.39, 0.29) is 0 Å². The maximum atomic E-state index is 3.71. The van der Waals surface area contributed by atoms with Crippen LogP contribution in [0.3, 0.4) is 0 Å². The Hall–Kier alpha value is -1.60. The van der Waals surface area contributed by atoms with Crippen LogP contribution in [0.4, 0.5) is 0 Å². The predicted octanol–water partition coefficient (Wildman–Crippen LogP) is 4.16. The first kappa shape index (κ1) is 14.3. The van der Waals surface area contributed by atoms with Crippen molar-refractivity contribution in [1.29, 1.82) is 0 Å². The SMILES string of the molecule is CCNC(Cc1ccc(C)c(C)c1)C1Cc2ccccc21.